The number of phenols is 1. The smallest absolute Gasteiger partial charge is 0.141 e. The fourth-order valence-electron chi connectivity index (χ4n) is 1.79. The Balaban J connectivity index is 1.98. The molecule has 2 nitrogen and oxygen atoms in total. The van der Waals surface area contributed by atoms with E-state index in [1.54, 1.807) is 30.3 Å². The molecular formula is C15H13ClO2. The molecule has 0 atom stereocenters. The second kappa shape index (κ2) is 5.69. The predicted octanol–water partition coefficient (Wildman–Crippen LogP) is 3.40. The number of carbonyl (C=O) groups excluding carboxylic acids is 1. The molecular weight excluding hydrogens is 248 g/mol. The van der Waals surface area contributed by atoms with Crippen LogP contribution in [0, 0.1) is 0 Å². The first-order valence-electron chi connectivity index (χ1n) is 5.67. The highest BCUT2D eigenvalue weighted by Gasteiger charge is 2.05. The van der Waals surface area contributed by atoms with Crippen molar-refractivity contribution in [2.24, 2.45) is 0 Å². The zero-order valence-electron chi connectivity index (χ0n) is 9.77. The van der Waals surface area contributed by atoms with Crippen LogP contribution in [0.1, 0.15) is 11.1 Å². The maximum absolute atomic E-state index is 11.9. The van der Waals surface area contributed by atoms with Crippen molar-refractivity contribution < 1.29 is 9.90 Å². The summed E-state index contributed by atoms with van der Waals surface area (Å²) < 4.78 is 0. The van der Waals surface area contributed by atoms with E-state index >= 15 is 0 Å². The summed E-state index contributed by atoms with van der Waals surface area (Å²) in [6.07, 6.45) is 0.712. The van der Waals surface area contributed by atoms with Crippen LogP contribution >= 0.6 is 11.6 Å². The van der Waals surface area contributed by atoms with Crippen molar-refractivity contribution >= 4 is 17.4 Å². The van der Waals surface area contributed by atoms with Crippen molar-refractivity contribution in [3.05, 3.63) is 64.7 Å². The first-order chi connectivity index (χ1) is 8.63. The van der Waals surface area contributed by atoms with Gasteiger partial charge in [0, 0.05) is 17.9 Å². The summed E-state index contributed by atoms with van der Waals surface area (Å²) in [5.74, 6) is 0.301. The minimum absolute atomic E-state index is 0.114. The highest BCUT2D eigenvalue weighted by Crippen LogP contribution is 2.14. The number of carbonyl (C=O) groups is 1. The molecule has 0 bridgehead atoms. The van der Waals surface area contributed by atoms with Gasteiger partial charge in [0.25, 0.3) is 0 Å². The van der Waals surface area contributed by atoms with E-state index in [2.05, 4.69) is 0 Å². The number of hydrogen-bond acceptors (Lipinski definition) is 2. The van der Waals surface area contributed by atoms with Crippen LogP contribution in [0.25, 0.3) is 0 Å². The summed E-state index contributed by atoms with van der Waals surface area (Å²) >= 11 is 5.78. The summed E-state index contributed by atoms with van der Waals surface area (Å²) in [5.41, 5.74) is 1.78. The van der Waals surface area contributed by atoms with E-state index in [9.17, 15) is 9.90 Å². The average Bonchev–Trinajstić information content (AvgIpc) is 2.32. The Kier molecular flexibility index (Phi) is 4.00. The summed E-state index contributed by atoms with van der Waals surface area (Å²) in [5, 5.41) is 9.99. The number of halogens is 1. The number of aromatic hydroxyl groups is 1. The van der Waals surface area contributed by atoms with Crippen molar-refractivity contribution in [1.82, 2.24) is 0 Å². The molecule has 0 saturated heterocycles. The molecule has 92 valence electrons. The first-order valence-corrected chi connectivity index (χ1v) is 6.05. The monoisotopic (exact) mass is 260 g/mol. The van der Waals surface area contributed by atoms with Gasteiger partial charge in [-0.25, -0.2) is 0 Å². The van der Waals surface area contributed by atoms with Crippen molar-refractivity contribution in [2.45, 2.75) is 12.8 Å². The van der Waals surface area contributed by atoms with Crippen LogP contribution in [0.3, 0.4) is 0 Å². The standard InChI is InChI=1S/C15H13ClO2/c16-13-6-4-11(5-7-13)8-15(18)10-12-2-1-3-14(17)9-12/h1-7,9,17H,8,10H2. The third kappa shape index (κ3) is 3.60. The fraction of sp³-hybridized carbons (Fsp3) is 0.133. The van der Waals surface area contributed by atoms with Crippen LogP contribution < -0.4 is 0 Å². The quantitative estimate of drug-likeness (QED) is 0.915. The van der Waals surface area contributed by atoms with Crippen molar-refractivity contribution in [3.63, 3.8) is 0 Å². The molecule has 0 amide bonds. The van der Waals surface area contributed by atoms with Crippen LogP contribution in [0.15, 0.2) is 48.5 Å². The molecule has 0 aliphatic heterocycles. The van der Waals surface area contributed by atoms with Gasteiger partial charge < -0.3 is 5.11 Å². The lowest BCUT2D eigenvalue weighted by molar-refractivity contribution is -0.117. The molecule has 0 aromatic heterocycles. The predicted molar refractivity (Wildman–Crippen MR) is 72.0 cm³/mol. The highest BCUT2D eigenvalue weighted by atomic mass is 35.5. The van der Waals surface area contributed by atoms with Gasteiger partial charge >= 0.3 is 0 Å². The number of hydrogen-bond donors (Lipinski definition) is 1. The zero-order chi connectivity index (χ0) is 13.0. The average molecular weight is 261 g/mol. The summed E-state index contributed by atoms with van der Waals surface area (Å²) in [6.45, 7) is 0. The molecule has 2 rings (SSSR count). The lowest BCUT2D eigenvalue weighted by Gasteiger charge is -2.03. The largest absolute Gasteiger partial charge is 0.508 e. The molecule has 0 heterocycles. The van der Waals surface area contributed by atoms with Crippen LogP contribution in [-0.2, 0) is 17.6 Å². The lowest BCUT2D eigenvalue weighted by atomic mass is 10.0. The van der Waals surface area contributed by atoms with E-state index < -0.39 is 0 Å². The third-order valence-corrected chi connectivity index (χ3v) is 2.88. The maximum atomic E-state index is 11.9. The number of benzene rings is 2. The molecule has 18 heavy (non-hydrogen) atoms. The van der Waals surface area contributed by atoms with Crippen LogP contribution in [0.4, 0.5) is 0 Å². The Bertz CT molecular complexity index is 547. The van der Waals surface area contributed by atoms with E-state index in [0.29, 0.717) is 17.9 Å². The molecule has 2 aromatic rings. The molecule has 3 heteroatoms. The van der Waals surface area contributed by atoms with E-state index in [-0.39, 0.29) is 11.5 Å². The van der Waals surface area contributed by atoms with Gasteiger partial charge in [-0.2, -0.15) is 0 Å². The Morgan fingerprint density at radius 1 is 1.00 bits per heavy atom. The van der Waals surface area contributed by atoms with E-state index in [4.69, 9.17) is 11.6 Å². The fourth-order valence-corrected chi connectivity index (χ4v) is 1.91. The molecule has 2 aromatic carbocycles. The summed E-state index contributed by atoms with van der Waals surface area (Å²) in [6, 6.07) is 14.0. The maximum Gasteiger partial charge on any atom is 0.141 e. The summed E-state index contributed by atoms with van der Waals surface area (Å²) in [4.78, 5) is 11.9. The molecule has 0 spiro atoms. The molecule has 0 fully saturated rings. The topological polar surface area (TPSA) is 37.3 Å². The molecule has 0 saturated carbocycles. The Hall–Kier alpha value is -1.80. The number of Topliss-reactive ketones (excluding diaryl/α,β-unsaturated/α-hetero) is 1. The third-order valence-electron chi connectivity index (χ3n) is 2.63. The van der Waals surface area contributed by atoms with E-state index in [0.717, 1.165) is 11.1 Å². The van der Waals surface area contributed by atoms with Gasteiger partial charge in [0.2, 0.25) is 0 Å². The molecule has 0 unspecified atom stereocenters. The summed E-state index contributed by atoms with van der Waals surface area (Å²) in [7, 11) is 0. The minimum Gasteiger partial charge on any atom is -0.508 e. The van der Waals surface area contributed by atoms with Crippen molar-refractivity contribution in [3.8, 4) is 5.75 Å². The molecule has 1 N–H and O–H groups in total. The number of rotatable bonds is 4. The Morgan fingerprint density at radius 2 is 1.67 bits per heavy atom. The van der Waals surface area contributed by atoms with Gasteiger partial charge in [0.15, 0.2) is 0 Å². The molecule has 0 radical (unpaired) electrons. The van der Waals surface area contributed by atoms with Gasteiger partial charge in [0.1, 0.15) is 11.5 Å². The van der Waals surface area contributed by atoms with Crippen LogP contribution in [-0.4, -0.2) is 10.9 Å². The van der Waals surface area contributed by atoms with Gasteiger partial charge in [0.05, 0.1) is 0 Å². The molecule has 0 aliphatic carbocycles. The van der Waals surface area contributed by atoms with Gasteiger partial charge in [-0.15, -0.1) is 0 Å². The van der Waals surface area contributed by atoms with Crippen molar-refractivity contribution in [2.75, 3.05) is 0 Å². The second-order valence-corrected chi connectivity index (χ2v) is 4.63. The van der Waals surface area contributed by atoms with E-state index in [1.807, 2.05) is 18.2 Å². The second-order valence-electron chi connectivity index (χ2n) is 4.19. The highest BCUT2D eigenvalue weighted by molar-refractivity contribution is 6.30. The minimum atomic E-state index is 0.114. The Morgan fingerprint density at radius 3 is 2.33 bits per heavy atom. The number of phenolic OH excluding ortho intramolecular Hbond substituents is 1. The van der Waals surface area contributed by atoms with Crippen LogP contribution in [0.5, 0.6) is 5.75 Å². The van der Waals surface area contributed by atoms with Crippen molar-refractivity contribution in [1.29, 1.82) is 0 Å². The molecule has 0 aliphatic rings. The lowest BCUT2D eigenvalue weighted by Crippen LogP contribution is -2.06. The van der Waals surface area contributed by atoms with Gasteiger partial charge in [-0.3, -0.25) is 4.79 Å². The zero-order valence-corrected chi connectivity index (χ0v) is 10.5. The van der Waals surface area contributed by atoms with Crippen LogP contribution in [0.2, 0.25) is 5.02 Å². The van der Waals surface area contributed by atoms with Gasteiger partial charge in [-0.05, 0) is 35.4 Å². The Labute approximate surface area is 111 Å². The van der Waals surface area contributed by atoms with E-state index in [1.165, 1.54) is 0 Å². The number of ketones is 1. The SMILES string of the molecule is O=C(Cc1ccc(Cl)cc1)Cc1cccc(O)c1. The normalized spacial score (nSPS) is 10.3. The first kappa shape index (κ1) is 12.7. The van der Waals surface area contributed by atoms with Gasteiger partial charge in [-0.1, -0.05) is 35.9 Å².